The molecule has 0 aromatic rings. The van der Waals surface area contributed by atoms with Gasteiger partial charge in [-0.15, -0.1) is 0 Å². The fraction of sp³-hybridized carbons (Fsp3) is 0.941. The van der Waals surface area contributed by atoms with Crippen molar-refractivity contribution in [2.75, 3.05) is 13.2 Å². The minimum Gasteiger partial charge on any atom is -0.726 e. The number of ether oxygens (including phenoxy) is 2. The quantitative estimate of drug-likeness (QED) is 0.0476. The summed E-state index contributed by atoms with van der Waals surface area (Å²) < 4.78 is 48.1. The van der Waals surface area contributed by atoms with Crippen molar-refractivity contribution in [2.45, 2.75) is 134 Å². The SMILES string of the molecule is CC(C)[C@H](/C=C/[C@@H](C)[C@H]1[C@@H](O)[C@@H](O)C2[C@]3(O)C[C@H](O)C4C[C@@H](O)CC[C@]4(C)C3CC[C@@]21C)COC1OC(COS(=O)(=O)[O-])C(O)C(O)C1O.[Na+]. The van der Waals surface area contributed by atoms with Crippen LogP contribution < -0.4 is 29.6 Å². The zero-order chi connectivity index (χ0) is 36.4. The van der Waals surface area contributed by atoms with Crippen molar-refractivity contribution in [1.29, 1.82) is 0 Å². The molecule has 18 atom stereocenters. The van der Waals surface area contributed by atoms with Gasteiger partial charge in [0, 0.05) is 18.3 Å². The molecule has 1 saturated heterocycles. The van der Waals surface area contributed by atoms with Gasteiger partial charge in [-0.05, 0) is 72.5 Å². The van der Waals surface area contributed by atoms with E-state index in [1.807, 2.05) is 39.8 Å². The number of hydrogen-bond acceptors (Lipinski definition) is 14. The third kappa shape index (κ3) is 7.82. The number of aliphatic hydroxyl groups excluding tert-OH is 7. The van der Waals surface area contributed by atoms with Gasteiger partial charge in [0.1, 0.15) is 24.4 Å². The van der Waals surface area contributed by atoms with Crippen LogP contribution in [0.3, 0.4) is 0 Å². The summed E-state index contributed by atoms with van der Waals surface area (Å²) in [5, 5.41) is 88.5. The second-order valence-corrected chi connectivity index (χ2v) is 17.6. The van der Waals surface area contributed by atoms with Crippen LogP contribution in [-0.2, 0) is 24.1 Å². The first-order chi connectivity index (χ1) is 22.7. The van der Waals surface area contributed by atoms with Crippen LogP contribution in [0.1, 0.15) is 73.1 Å². The second-order valence-electron chi connectivity index (χ2n) is 16.6. The van der Waals surface area contributed by atoms with E-state index in [2.05, 4.69) is 11.1 Å². The smallest absolute Gasteiger partial charge is 0.726 e. The molecule has 8 unspecified atom stereocenters. The molecule has 4 aliphatic carbocycles. The molecular formula is C34H57NaO14S. The largest absolute Gasteiger partial charge is 1.00 e. The van der Waals surface area contributed by atoms with Gasteiger partial charge >= 0.3 is 29.6 Å². The molecule has 0 bridgehead atoms. The molecule has 8 N–H and O–H groups in total. The van der Waals surface area contributed by atoms with Gasteiger partial charge in [0.25, 0.3) is 0 Å². The van der Waals surface area contributed by atoms with Gasteiger partial charge in [0.2, 0.25) is 10.4 Å². The molecule has 5 fully saturated rings. The third-order valence-electron chi connectivity index (χ3n) is 13.4. The summed E-state index contributed by atoms with van der Waals surface area (Å²) in [7, 11) is -5.10. The summed E-state index contributed by atoms with van der Waals surface area (Å²) in [6.45, 7) is 9.08. The maximum absolute atomic E-state index is 12.5. The summed E-state index contributed by atoms with van der Waals surface area (Å²) >= 11 is 0. The summed E-state index contributed by atoms with van der Waals surface area (Å²) in [5.74, 6) is -1.95. The molecule has 14 nitrogen and oxygen atoms in total. The van der Waals surface area contributed by atoms with Gasteiger partial charge < -0.3 is 54.9 Å². The van der Waals surface area contributed by atoms with Crippen molar-refractivity contribution in [3.63, 3.8) is 0 Å². The van der Waals surface area contributed by atoms with Crippen LogP contribution in [0.2, 0.25) is 0 Å². The molecule has 5 aliphatic rings. The van der Waals surface area contributed by atoms with E-state index in [0.29, 0.717) is 32.1 Å². The van der Waals surface area contributed by atoms with E-state index < -0.39 is 100 Å². The molecule has 0 aromatic carbocycles. The van der Waals surface area contributed by atoms with Crippen LogP contribution in [0, 0.1) is 52.3 Å². The van der Waals surface area contributed by atoms with Gasteiger partial charge in [-0.1, -0.05) is 46.8 Å². The molecule has 0 spiro atoms. The van der Waals surface area contributed by atoms with Crippen molar-refractivity contribution in [1.82, 2.24) is 0 Å². The predicted octanol–water partition coefficient (Wildman–Crippen LogP) is -3.20. The summed E-state index contributed by atoms with van der Waals surface area (Å²) in [6.07, 6.45) is -4.70. The second kappa shape index (κ2) is 15.8. The fourth-order valence-electron chi connectivity index (χ4n) is 10.9. The summed E-state index contributed by atoms with van der Waals surface area (Å²) in [4.78, 5) is 0. The molecular weight excluding hydrogens is 687 g/mol. The van der Waals surface area contributed by atoms with E-state index in [4.69, 9.17) is 9.47 Å². The Kier molecular flexibility index (Phi) is 13.5. The molecule has 50 heavy (non-hydrogen) atoms. The first kappa shape index (κ1) is 42.9. The van der Waals surface area contributed by atoms with E-state index in [-0.39, 0.29) is 72.2 Å². The Hall–Kier alpha value is 0.210. The predicted molar refractivity (Wildman–Crippen MR) is 172 cm³/mol. The Morgan fingerprint density at radius 3 is 2.16 bits per heavy atom. The molecule has 4 saturated carbocycles. The van der Waals surface area contributed by atoms with Crippen LogP contribution in [0.4, 0.5) is 0 Å². The Labute approximate surface area is 317 Å². The van der Waals surface area contributed by atoms with Gasteiger partial charge in [-0.25, -0.2) is 8.42 Å². The zero-order valence-corrected chi connectivity index (χ0v) is 32.8. The minimum atomic E-state index is -5.10. The minimum absolute atomic E-state index is 0. The van der Waals surface area contributed by atoms with Crippen molar-refractivity contribution >= 4 is 10.4 Å². The van der Waals surface area contributed by atoms with E-state index in [9.17, 15) is 53.8 Å². The molecule has 16 heteroatoms. The Morgan fingerprint density at radius 2 is 1.54 bits per heavy atom. The van der Waals surface area contributed by atoms with Crippen LogP contribution in [0.5, 0.6) is 0 Å². The molecule has 1 aliphatic heterocycles. The molecule has 0 aromatic heterocycles. The zero-order valence-electron chi connectivity index (χ0n) is 30.0. The average molecular weight is 745 g/mol. The van der Waals surface area contributed by atoms with Crippen LogP contribution in [0.25, 0.3) is 0 Å². The van der Waals surface area contributed by atoms with Crippen molar-refractivity contribution < 1.29 is 97.0 Å². The normalized spacial score (nSPS) is 49.1. The monoisotopic (exact) mass is 744 g/mol. The van der Waals surface area contributed by atoms with E-state index in [0.717, 1.165) is 0 Å². The van der Waals surface area contributed by atoms with E-state index in [1.54, 1.807) is 0 Å². The van der Waals surface area contributed by atoms with Crippen molar-refractivity contribution in [2.24, 2.45) is 52.3 Å². The Morgan fingerprint density at radius 1 is 0.900 bits per heavy atom. The molecule has 284 valence electrons. The van der Waals surface area contributed by atoms with Crippen LogP contribution >= 0.6 is 0 Å². The third-order valence-corrected chi connectivity index (χ3v) is 13.8. The first-order valence-corrected chi connectivity index (χ1v) is 19.0. The van der Waals surface area contributed by atoms with Gasteiger partial charge in [-0.2, -0.15) is 0 Å². The van der Waals surface area contributed by atoms with Crippen LogP contribution in [0.15, 0.2) is 12.2 Å². The Bertz CT molecular complexity index is 1300. The summed E-state index contributed by atoms with van der Waals surface area (Å²) in [6, 6.07) is 0. The van der Waals surface area contributed by atoms with Crippen molar-refractivity contribution in [3.05, 3.63) is 12.2 Å². The first-order valence-electron chi connectivity index (χ1n) is 17.7. The maximum Gasteiger partial charge on any atom is 1.00 e. The molecule has 5 rings (SSSR count). The molecule has 1 heterocycles. The van der Waals surface area contributed by atoms with Gasteiger partial charge in [0.15, 0.2) is 6.29 Å². The van der Waals surface area contributed by atoms with E-state index in [1.165, 1.54) is 0 Å². The Balaban J connectivity index is 0.00000562. The van der Waals surface area contributed by atoms with Crippen LogP contribution in [-0.4, -0.2) is 128 Å². The average Bonchev–Trinajstić information content (AvgIpc) is 3.21. The van der Waals surface area contributed by atoms with Gasteiger partial charge in [-0.3, -0.25) is 4.18 Å². The topological polar surface area (TPSA) is 247 Å². The number of rotatable bonds is 10. The number of hydrogen-bond donors (Lipinski definition) is 8. The fourth-order valence-corrected chi connectivity index (χ4v) is 11.2. The number of aliphatic hydroxyl groups is 8. The van der Waals surface area contributed by atoms with Gasteiger partial charge in [0.05, 0.1) is 43.2 Å². The van der Waals surface area contributed by atoms with E-state index >= 15 is 0 Å². The maximum atomic E-state index is 12.5. The number of fused-ring (bicyclic) bond motifs is 5. The molecule has 0 radical (unpaired) electrons. The number of allylic oxidation sites excluding steroid dienone is 1. The van der Waals surface area contributed by atoms with Crippen molar-refractivity contribution in [3.8, 4) is 0 Å². The molecule has 0 amide bonds. The standard InChI is InChI=1S/C34H58O14S.Na/c1-16(2)18(14-46-31-29(41)27(39)25(37)22(48-31)15-47-49(43,44)45)7-6-17(3)24-26(38)28(40)30-33(24,5)11-9-23-32(4)10-8-19(35)12-20(32)21(36)13-34(23,30)42;/h6-7,16-31,35-42H,8-15H2,1-5H3,(H,43,44,45);/q;+1/p-1/b7-6+;/t17-,18-,19+,20?,21+,22?,23?,24+,25?,26-,27?,28-,29?,30?,31?,32+,33-,34+;/m1./s1. The summed E-state index contributed by atoms with van der Waals surface area (Å²) in [5.41, 5.74) is -2.46.